The number of piperidine rings is 1. The highest BCUT2D eigenvalue weighted by molar-refractivity contribution is 5.94. The van der Waals surface area contributed by atoms with Gasteiger partial charge in [-0.25, -0.2) is 4.98 Å². The number of rotatable bonds is 6. The zero-order valence-electron chi connectivity index (χ0n) is 16.2. The number of carbonyl (C=O) groups is 1. The van der Waals surface area contributed by atoms with Gasteiger partial charge >= 0.3 is 0 Å². The van der Waals surface area contributed by atoms with Gasteiger partial charge in [-0.2, -0.15) is 0 Å². The molecule has 7 nitrogen and oxygen atoms in total. The van der Waals surface area contributed by atoms with E-state index in [1.54, 1.807) is 12.7 Å². The Morgan fingerprint density at radius 3 is 2.71 bits per heavy atom. The maximum absolute atomic E-state index is 13.0. The van der Waals surface area contributed by atoms with E-state index in [9.17, 15) is 4.79 Å². The fraction of sp³-hybridized carbons (Fsp3) is 0.429. The van der Waals surface area contributed by atoms with Crippen molar-refractivity contribution in [3.05, 3.63) is 60.7 Å². The van der Waals surface area contributed by atoms with Crippen molar-refractivity contribution in [1.29, 1.82) is 0 Å². The minimum Gasteiger partial charge on any atom is -0.338 e. The molecule has 2 aromatic heterocycles. The second-order valence-electron chi connectivity index (χ2n) is 7.34. The maximum Gasteiger partial charge on any atom is 0.253 e. The summed E-state index contributed by atoms with van der Waals surface area (Å²) in [6, 6.07) is 7.61. The Morgan fingerprint density at radius 2 is 1.96 bits per heavy atom. The van der Waals surface area contributed by atoms with Gasteiger partial charge in [-0.05, 0) is 43.5 Å². The van der Waals surface area contributed by atoms with Gasteiger partial charge in [0.25, 0.3) is 5.91 Å². The number of hydrogen-bond acceptors (Lipinski definition) is 4. The molecular weight excluding hydrogens is 352 g/mol. The Labute approximate surface area is 165 Å². The van der Waals surface area contributed by atoms with E-state index in [1.165, 1.54) is 0 Å². The van der Waals surface area contributed by atoms with Gasteiger partial charge in [0.1, 0.15) is 18.5 Å². The Hall–Kier alpha value is -2.96. The summed E-state index contributed by atoms with van der Waals surface area (Å²) in [5, 5.41) is 7.64. The second-order valence-corrected chi connectivity index (χ2v) is 7.34. The van der Waals surface area contributed by atoms with Gasteiger partial charge in [-0.15, -0.1) is 10.2 Å². The van der Waals surface area contributed by atoms with Gasteiger partial charge in [0.15, 0.2) is 0 Å². The van der Waals surface area contributed by atoms with Gasteiger partial charge in [0.2, 0.25) is 0 Å². The third-order valence-electron chi connectivity index (χ3n) is 5.41. The van der Waals surface area contributed by atoms with Crippen LogP contribution in [0.1, 0.15) is 54.7 Å². The zero-order chi connectivity index (χ0) is 19.3. The van der Waals surface area contributed by atoms with Crippen LogP contribution in [0.15, 0.2) is 49.3 Å². The molecular formula is C21H26N6O. The van der Waals surface area contributed by atoms with E-state index in [0.717, 1.165) is 56.8 Å². The zero-order valence-corrected chi connectivity index (χ0v) is 16.2. The fourth-order valence-corrected chi connectivity index (χ4v) is 3.86. The molecule has 0 aliphatic carbocycles. The number of likely N-dealkylation sites (tertiary alicyclic amines) is 1. The first-order valence-electron chi connectivity index (χ1n) is 10.0. The number of amides is 1. The number of aromatic nitrogens is 5. The average molecular weight is 378 g/mol. The molecule has 1 atom stereocenters. The van der Waals surface area contributed by atoms with Crippen molar-refractivity contribution < 1.29 is 4.79 Å². The van der Waals surface area contributed by atoms with Crippen LogP contribution >= 0.6 is 0 Å². The number of unbranched alkanes of at least 4 members (excludes halogenated alkanes) is 1. The molecule has 1 aliphatic rings. The van der Waals surface area contributed by atoms with Crippen molar-refractivity contribution in [3.8, 4) is 5.69 Å². The summed E-state index contributed by atoms with van der Waals surface area (Å²) in [7, 11) is 0. The van der Waals surface area contributed by atoms with Crippen molar-refractivity contribution in [1.82, 2.24) is 29.2 Å². The summed E-state index contributed by atoms with van der Waals surface area (Å²) in [5.74, 6) is 1.52. The van der Waals surface area contributed by atoms with Crippen LogP contribution in [0, 0.1) is 0 Å². The second kappa shape index (κ2) is 8.37. The number of hydrogen-bond donors (Lipinski definition) is 0. The lowest BCUT2D eigenvalue weighted by atomic mass is 9.96. The number of carbonyl (C=O) groups excluding carboxylic acids is 1. The van der Waals surface area contributed by atoms with E-state index >= 15 is 0 Å². The number of benzene rings is 1. The molecule has 1 unspecified atom stereocenters. The molecule has 1 saturated heterocycles. The van der Waals surface area contributed by atoms with E-state index in [0.29, 0.717) is 11.5 Å². The quantitative estimate of drug-likeness (QED) is 0.660. The highest BCUT2D eigenvalue weighted by Gasteiger charge is 2.28. The predicted octanol–water partition coefficient (Wildman–Crippen LogP) is 3.28. The van der Waals surface area contributed by atoms with Crippen LogP contribution in [0.3, 0.4) is 0 Å². The fourth-order valence-electron chi connectivity index (χ4n) is 3.86. The van der Waals surface area contributed by atoms with Crippen LogP contribution < -0.4 is 0 Å². The predicted molar refractivity (Wildman–Crippen MR) is 106 cm³/mol. The molecule has 4 rings (SSSR count). The van der Waals surface area contributed by atoms with Crippen molar-refractivity contribution in [2.24, 2.45) is 0 Å². The van der Waals surface area contributed by atoms with E-state index in [2.05, 4.69) is 32.9 Å². The monoisotopic (exact) mass is 378 g/mol. The largest absolute Gasteiger partial charge is 0.338 e. The molecule has 0 saturated carbocycles. The Kier molecular flexibility index (Phi) is 5.50. The molecule has 3 aromatic rings. The van der Waals surface area contributed by atoms with Crippen LogP contribution in [-0.4, -0.2) is 48.2 Å². The van der Waals surface area contributed by atoms with Crippen molar-refractivity contribution in [3.63, 3.8) is 0 Å². The molecule has 0 N–H and O–H groups in total. The van der Waals surface area contributed by atoms with Crippen LogP contribution in [0.2, 0.25) is 0 Å². The van der Waals surface area contributed by atoms with Gasteiger partial charge < -0.3 is 9.47 Å². The van der Waals surface area contributed by atoms with Crippen LogP contribution in [-0.2, 0) is 6.54 Å². The van der Waals surface area contributed by atoms with Crippen molar-refractivity contribution >= 4 is 5.91 Å². The summed E-state index contributed by atoms with van der Waals surface area (Å²) in [6.07, 6.45) is 11.6. The van der Waals surface area contributed by atoms with Gasteiger partial charge in [0, 0.05) is 49.2 Å². The number of aryl methyl sites for hydroxylation is 1. The Bertz CT molecular complexity index is 899. The lowest BCUT2D eigenvalue weighted by Crippen LogP contribution is -2.39. The Balaban J connectivity index is 1.45. The standard InChI is InChI=1S/C21H26N6O/c1-2-3-11-25-13-10-22-20(25)18-5-4-12-26(14-18)21(28)17-6-8-19(9-7-17)27-15-23-24-16-27/h6-10,13,15-16,18H,2-5,11-12,14H2,1H3. The van der Waals surface area contributed by atoms with E-state index in [4.69, 9.17) is 0 Å². The molecule has 3 heterocycles. The highest BCUT2D eigenvalue weighted by atomic mass is 16.2. The lowest BCUT2D eigenvalue weighted by molar-refractivity contribution is 0.0703. The molecule has 1 fully saturated rings. The van der Waals surface area contributed by atoms with E-state index in [1.807, 2.05) is 39.9 Å². The topological polar surface area (TPSA) is 68.8 Å². The summed E-state index contributed by atoms with van der Waals surface area (Å²) in [6.45, 7) is 4.74. The molecule has 1 aromatic carbocycles. The van der Waals surface area contributed by atoms with Crippen molar-refractivity contribution in [2.75, 3.05) is 13.1 Å². The Morgan fingerprint density at radius 1 is 1.18 bits per heavy atom. The molecule has 0 spiro atoms. The van der Waals surface area contributed by atoms with Gasteiger partial charge in [0.05, 0.1) is 0 Å². The van der Waals surface area contributed by atoms with Crippen LogP contribution in [0.5, 0.6) is 0 Å². The highest BCUT2D eigenvalue weighted by Crippen LogP contribution is 2.27. The minimum absolute atomic E-state index is 0.0895. The van der Waals surface area contributed by atoms with Crippen LogP contribution in [0.25, 0.3) is 5.69 Å². The molecule has 28 heavy (non-hydrogen) atoms. The molecule has 7 heteroatoms. The van der Waals surface area contributed by atoms with Crippen molar-refractivity contribution in [2.45, 2.75) is 45.1 Å². The first kappa shape index (κ1) is 18.4. The van der Waals surface area contributed by atoms with E-state index < -0.39 is 0 Å². The molecule has 0 radical (unpaired) electrons. The number of imidazole rings is 1. The van der Waals surface area contributed by atoms with Crippen LogP contribution in [0.4, 0.5) is 0 Å². The summed E-state index contributed by atoms with van der Waals surface area (Å²) in [5.41, 5.74) is 1.66. The van der Waals surface area contributed by atoms with E-state index in [-0.39, 0.29) is 5.91 Å². The maximum atomic E-state index is 13.0. The molecule has 1 aliphatic heterocycles. The lowest BCUT2D eigenvalue weighted by Gasteiger charge is -2.33. The van der Waals surface area contributed by atoms with Gasteiger partial charge in [-0.1, -0.05) is 13.3 Å². The first-order valence-corrected chi connectivity index (χ1v) is 10.0. The average Bonchev–Trinajstić information content (AvgIpc) is 3.44. The SMILES string of the molecule is CCCCn1ccnc1C1CCCN(C(=O)c2ccc(-n3cnnc3)cc2)C1. The first-order chi connectivity index (χ1) is 13.8. The third kappa shape index (κ3) is 3.83. The van der Waals surface area contributed by atoms with Gasteiger partial charge in [-0.3, -0.25) is 9.36 Å². The molecule has 0 bridgehead atoms. The summed E-state index contributed by atoms with van der Waals surface area (Å²) >= 11 is 0. The normalized spacial score (nSPS) is 17.0. The molecule has 1 amide bonds. The summed E-state index contributed by atoms with van der Waals surface area (Å²) < 4.78 is 4.08. The third-order valence-corrected chi connectivity index (χ3v) is 5.41. The summed E-state index contributed by atoms with van der Waals surface area (Å²) in [4.78, 5) is 19.6. The smallest absolute Gasteiger partial charge is 0.253 e. The number of nitrogens with zero attached hydrogens (tertiary/aromatic N) is 6. The minimum atomic E-state index is 0.0895. The molecule has 146 valence electrons.